The fourth-order valence-corrected chi connectivity index (χ4v) is 5.76. The van der Waals surface area contributed by atoms with Crippen LogP contribution in [0.25, 0.3) is 29.4 Å². The minimum atomic E-state index is 1.12. The predicted octanol–water partition coefficient (Wildman–Crippen LogP) is 12.3. The van der Waals surface area contributed by atoms with E-state index in [1.165, 1.54) is 85.2 Å². The van der Waals surface area contributed by atoms with Crippen molar-refractivity contribution in [3.05, 3.63) is 183 Å². The first-order valence-electron chi connectivity index (χ1n) is 16.3. The van der Waals surface area contributed by atoms with Crippen molar-refractivity contribution in [1.29, 1.82) is 0 Å². The second-order valence-corrected chi connectivity index (χ2v) is 12.4. The van der Waals surface area contributed by atoms with E-state index in [0.29, 0.717) is 0 Å². The van der Waals surface area contributed by atoms with Gasteiger partial charge in [-0.15, -0.1) is 0 Å². The molecule has 0 aromatic heterocycles. The zero-order chi connectivity index (χ0) is 31.6. The van der Waals surface area contributed by atoms with Crippen LogP contribution in [0.4, 0.5) is 0 Å². The summed E-state index contributed by atoms with van der Waals surface area (Å²) in [5.41, 5.74) is 16.9. The van der Waals surface area contributed by atoms with Crippen molar-refractivity contribution in [1.82, 2.24) is 0 Å². The Balaban J connectivity index is 1.33. The van der Waals surface area contributed by atoms with Gasteiger partial charge in [-0.25, -0.2) is 0 Å². The summed E-state index contributed by atoms with van der Waals surface area (Å²) in [5.74, 6) is 0. The molecule has 0 unspecified atom stereocenters. The van der Waals surface area contributed by atoms with Crippen LogP contribution in [0.2, 0.25) is 0 Å². The van der Waals surface area contributed by atoms with Crippen molar-refractivity contribution >= 4 is 18.2 Å². The molecule has 45 heavy (non-hydrogen) atoms. The standard InChI is InChI=1S/C45H46/c1-33-15-26-43(27-16-33)44-28-23-40(24-29-44)19-22-42(25-30-45-31-34(2)35(3)36(4)37(45)5)32-41-20-17-39(18-21-41)14-10-9-13-38-11-7-6-8-12-38/h6-8,11-12,15-32H,9-10,13-14H2,1-5H3. The summed E-state index contributed by atoms with van der Waals surface area (Å²) in [6.45, 7) is 11.0. The fourth-order valence-electron chi connectivity index (χ4n) is 5.76. The van der Waals surface area contributed by atoms with Gasteiger partial charge >= 0.3 is 0 Å². The molecule has 0 radical (unpaired) electrons. The van der Waals surface area contributed by atoms with Crippen LogP contribution in [0.5, 0.6) is 0 Å². The van der Waals surface area contributed by atoms with E-state index < -0.39 is 0 Å². The Hall–Kier alpha value is -4.68. The molecule has 5 aromatic carbocycles. The molecule has 5 rings (SSSR count). The average molecular weight is 587 g/mol. The Morgan fingerprint density at radius 2 is 1.07 bits per heavy atom. The summed E-state index contributed by atoms with van der Waals surface area (Å²) in [6.07, 6.45) is 16.0. The van der Waals surface area contributed by atoms with Gasteiger partial charge in [0.15, 0.2) is 0 Å². The van der Waals surface area contributed by atoms with Gasteiger partial charge in [-0.2, -0.15) is 0 Å². The molecule has 5 aromatic rings. The quantitative estimate of drug-likeness (QED) is 0.107. The van der Waals surface area contributed by atoms with Crippen molar-refractivity contribution in [3.8, 4) is 11.1 Å². The Morgan fingerprint density at radius 1 is 0.511 bits per heavy atom. The summed E-state index contributed by atoms with van der Waals surface area (Å²) >= 11 is 0. The van der Waals surface area contributed by atoms with Crippen molar-refractivity contribution in [2.75, 3.05) is 0 Å². The lowest BCUT2D eigenvalue weighted by molar-refractivity contribution is 0.734. The van der Waals surface area contributed by atoms with E-state index in [1.54, 1.807) is 0 Å². The predicted molar refractivity (Wildman–Crippen MR) is 198 cm³/mol. The highest BCUT2D eigenvalue weighted by molar-refractivity contribution is 5.71. The smallest absolute Gasteiger partial charge is 0.0184 e. The lowest BCUT2D eigenvalue weighted by atomic mass is 9.94. The number of benzene rings is 5. The molecule has 0 aliphatic carbocycles. The van der Waals surface area contributed by atoms with Crippen molar-refractivity contribution in [3.63, 3.8) is 0 Å². The van der Waals surface area contributed by atoms with Crippen LogP contribution >= 0.6 is 0 Å². The third kappa shape index (κ3) is 8.93. The number of allylic oxidation sites excluding steroid dienone is 3. The number of aryl methyl sites for hydroxylation is 4. The van der Waals surface area contributed by atoms with Gasteiger partial charge < -0.3 is 0 Å². The molecule has 0 atom stereocenters. The second-order valence-electron chi connectivity index (χ2n) is 12.4. The molecule has 0 bridgehead atoms. The maximum Gasteiger partial charge on any atom is -0.0184 e. The van der Waals surface area contributed by atoms with Crippen LogP contribution in [-0.2, 0) is 12.8 Å². The highest BCUT2D eigenvalue weighted by Crippen LogP contribution is 2.24. The van der Waals surface area contributed by atoms with E-state index in [9.17, 15) is 0 Å². The first-order valence-corrected chi connectivity index (χ1v) is 16.3. The summed E-state index contributed by atoms with van der Waals surface area (Å²) in [5, 5.41) is 0. The Kier molecular flexibility index (Phi) is 10.8. The highest BCUT2D eigenvalue weighted by Gasteiger charge is 2.05. The molecule has 0 fully saturated rings. The molecule has 0 amide bonds. The lowest BCUT2D eigenvalue weighted by Crippen LogP contribution is -1.94. The molecule has 0 heterocycles. The van der Waals surface area contributed by atoms with E-state index in [2.05, 4.69) is 174 Å². The van der Waals surface area contributed by atoms with Crippen LogP contribution in [0.1, 0.15) is 68.5 Å². The van der Waals surface area contributed by atoms with E-state index in [0.717, 1.165) is 12.8 Å². The Bertz CT molecular complexity index is 1780. The van der Waals surface area contributed by atoms with Crippen molar-refractivity contribution in [2.45, 2.75) is 60.3 Å². The summed E-state index contributed by atoms with van der Waals surface area (Å²) in [6, 6.07) is 39.8. The number of unbranched alkanes of at least 4 members (excludes halogenated alkanes) is 1. The topological polar surface area (TPSA) is 0 Å². The van der Waals surface area contributed by atoms with Gasteiger partial charge in [0.1, 0.15) is 0 Å². The van der Waals surface area contributed by atoms with E-state index >= 15 is 0 Å². The van der Waals surface area contributed by atoms with Crippen LogP contribution in [0, 0.1) is 34.6 Å². The monoisotopic (exact) mass is 586 g/mol. The number of rotatable bonds is 11. The zero-order valence-corrected chi connectivity index (χ0v) is 27.6. The molecular weight excluding hydrogens is 540 g/mol. The summed E-state index contributed by atoms with van der Waals surface area (Å²) in [7, 11) is 0. The molecule has 0 N–H and O–H groups in total. The number of hydrogen-bond donors (Lipinski definition) is 0. The molecule has 0 aliphatic heterocycles. The van der Waals surface area contributed by atoms with Crippen LogP contribution in [-0.4, -0.2) is 0 Å². The maximum atomic E-state index is 2.31. The molecule has 0 nitrogen and oxygen atoms in total. The first kappa shape index (κ1) is 31.7. The molecule has 0 spiro atoms. The molecular formula is C45H46. The Labute approximate surface area is 271 Å². The Morgan fingerprint density at radius 3 is 1.71 bits per heavy atom. The molecule has 0 saturated heterocycles. The molecule has 0 aliphatic rings. The minimum Gasteiger partial charge on any atom is -0.0622 e. The van der Waals surface area contributed by atoms with Gasteiger partial charge in [0.2, 0.25) is 0 Å². The SMILES string of the molecule is Cc1ccc(-c2ccc(C=CC(C=Cc3cc(C)c(C)c(C)c3C)=Cc3ccc(CCCCc4ccccc4)cc3)cc2)cc1. The summed E-state index contributed by atoms with van der Waals surface area (Å²) in [4.78, 5) is 0. The molecule has 0 heteroatoms. The van der Waals surface area contributed by atoms with E-state index in [4.69, 9.17) is 0 Å². The van der Waals surface area contributed by atoms with Gasteiger partial charge in [0.25, 0.3) is 0 Å². The molecule has 226 valence electrons. The van der Waals surface area contributed by atoms with E-state index in [-0.39, 0.29) is 0 Å². The third-order valence-corrected chi connectivity index (χ3v) is 9.08. The lowest BCUT2D eigenvalue weighted by Gasteiger charge is -2.12. The maximum absolute atomic E-state index is 2.31. The van der Waals surface area contributed by atoms with Crippen LogP contribution in [0.15, 0.2) is 127 Å². The van der Waals surface area contributed by atoms with Gasteiger partial charge in [0.05, 0.1) is 0 Å². The fraction of sp³-hybridized carbons (Fsp3) is 0.200. The highest BCUT2D eigenvalue weighted by atomic mass is 14.1. The van der Waals surface area contributed by atoms with Gasteiger partial charge in [-0.05, 0) is 133 Å². The first-order chi connectivity index (χ1) is 21.9. The third-order valence-electron chi connectivity index (χ3n) is 9.08. The van der Waals surface area contributed by atoms with Crippen LogP contribution < -0.4 is 0 Å². The average Bonchev–Trinajstić information content (AvgIpc) is 3.07. The normalized spacial score (nSPS) is 12.0. The second kappa shape index (κ2) is 15.4. The number of hydrogen-bond acceptors (Lipinski definition) is 0. The van der Waals surface area contributed by atoms with Gasteiger partial charge in [-0.1, -0.05) is 139 Å². The minimum absolute atomic E-state index is 1.12. The molecule has 0 saturated carbocycles. The van der Waals surface area contributed by atoms with Crippen molar-refractivity contribution < 1.29 is 0 Å². The zero-order valence-electron chi connectivity index (χ0n) is 27.6. The summed E-state index contributed by atoms with van der Waals surface area (Å²) < 4.78 is 0. The largest absolute Gasteiger partial charge is 0.0622 e. The van der Waals surface area contributed by atoms with Gasteiger partial charge in [0, 0.05) is 0 Å². The van der Waals surface area contributed by atoms with Crippen LogP contribution in [0.3, 0.4) is 0 Å². The van der Waals surface area contributed by atoms with E-state index in [1.807, 2.05) is 0 Å². The van der Waals surface area contributed by atoms with Gasteiger partial charge in [-0.3, -0.25) is 0 Å². The van der Waals surface area contributed by atoms with Crippen molar-refractivity contribution in [2.24, 2.45) is 0 Å².